The third-order valence-corrected chi connectivity index (χ3v) is 5.99. The first-order chi connectivity index (χ1) is 11.0. The summed E-state index contributed by atoms with van der Waals surface area (Å²) in [4.78, 5) is 12.5. The third-order valence-electron chi connectivity index (χ3n) is 5.99. The first-order valence-corrected chi connectivity index (χ1v) is 8.37. The molecule has 1 N–H and O–H groups in total. The van der Waals surface area contributed by atoms with Crippen molar-refractivity contribution in [3.05, 3.63) is 35.9 Å². The van der Waals surface area contributed by atoms with Crippen LogP contribution >= 0.6 is 0 Å². The van der Waals surface area contributed by atoms with Crippen molar-refractivity contribution < 1.29 is 40.8 Å². The summed E-state index contributed by atoms with van der Waals surface area (Å²) in [5.41, 5.74) is 0.807. The minimum absolute atomic E-state index is 0. The SMILES string of the molecule is C[N+]1(C)[C@@H]2CC(OC(=O)[C@H](CO)c3ccccc3)C[C@@H]1[C@H]1O[C@@H]12.[Br-]. The first-order valence-electron chi connectivity index (χ1n) is 8.37. The van der Waals surface area contributed by atoms with Gasteiger partial charge in [-0.05, 0) is 5.56 Å². The Labute approximate surface area is 152 Å². The Morgan fingerprint density at radius 1 is 1.25 bits per heavy atom. The van der Waals surface area contributed by atoms with Gasteiger partial charge < -0.3 is 36.0 Å². The molecular formula is C18H24BrNO4. The molecule has 3 heterocycles. The van der Waals surface area contributed by atoms with Crippen LogP contribution in [0.5, 0.6) is 0 Å². The number of nitrogens with zero attached hydrogens (tertiary/aromatic N) is 1. The van der Waals surface area contributed by atoms with E-state index in [2.05, 4.69) is 14.1 Å². The highest BCUT2D eigenvalue weighted by atomic mass is 79.9. The second kappa shape index (κ2) is 6.41. The van der Waals surface area contributed by atoms with Crippen molar-refractivity contribution in [2.45, 2.75) is 49.2 Å². The summed E-state index contributed by atoms with van der Waals surface area (Å²) in [5, 5.41) is 9.60. The lowest BCUT2D eigenvalue weighted by Crippen LogP contribution is -3.00. The summed E-state index contributed by atoms with van der Waals surface area (Å²) in [6.45, 7) is -0.224. The predicted octanol–water partition coefficient (Wildman–Crippen LogP) is -1.93. The van der Waals surface area contributed by atoms with Gasteiger partial charge in [-0.15, -0.1) is 0 Å². The van der Waals surface area contributed by atoms with E-state index >= 15 is 0 Å². The molecule has 0 radical (unpaired) electrons. The Morgan fingerprint density at radius 2 is 1.83 bits per heavy atom. The highest BCUT2D eigenvalue weighted by Crippen LogP contribution is 2.51. The van der Waals surface area contributed by atoms with Gasteiger partial charge in [-0.1, -0.05) is 30.3 Å². The number of fused-ring (bicyclic) bond motifs is 5. The molecule has 0 aromatic heterocycles. The molecule has 0 unspecified atom stereocenters. The summed E-state index contributed by atoms with van der Waals surface area (Å²) < 4.78 is 12.5. The number of esters is 1. The number of likely N-dealkylation sites (N-methyl/N-ethyl adjacent to an activating group) is 1. The molecule has 4 rings (SSSR count). The lowest BCUT2D eigenvalue weighted by Gasteiger charge is -2.45. The second-order valence-corrected chi connectivity index (χ2v) is 7.51. The molecule has 3 aliphatic rings. The van der Waals surface area contributed by atoms with Crippen LogP contribution in [0.3, 0.4) is 0 Å². The van der Waals surface area contributed by atoms with Gasteiger partial charge in [0.05, 0.1) is 20.7 Å². The van der Waals surface area contributed by atoms with E-state index in [-0.39, 0.29) is 35.7 Å². The number of aliphatic hydroxyl groups is 1. The molecule has 1 aromatic carbocycles. The standard InChI is InChI=1S/C18H24NO4.BrH/c1-19(2)14-8-12(9-15(19)17-16(14)23-17)22-18(21)13(10-20)11-6-4-3-5-7-11;/h3-7,12-17,20H,8-10H2,1-2H3;1H/q+1;/p-1/t13-,14-,15-,16-,17-;/m1./s1. The summed E-state index contributed by atoms with van der Waals surface area (Å²) in [6.07, 6.45) is 2.34. The number of morpholine rings is 1. The smallest absolute Gasteiger partial charge is 0.316 e. The van der Waals surface area contributed by atoms with E-state index in [9.17, 15) is 9.90 Å². The molecule has 3 aliphatic heterocycles. The molecule has 2 bridgehead atoms. The maximum Gasteiger partial charge on any atom is 0.316 e. The number of quaternary nitrogens is 1. The lowest BCUT2D eigenvalue weighted by atomic mass is 9.95. The molecule has 3 saturated heterocycles. The van der Waals surface area contributed by atoms with Crippen LogP contribution in [0.15, 0.2) is 30.3 Å². The Balaban J connectivity index is 0.00000169. The van der Waals surface area contributed by atoms with Crippen LogP contribution < -0.4 is 17.0 Å². The molecule has 0 saturated carbocycles. The highest BCUT2D eigenvalue weighted by Gasteiger charge is 2.70. The molecular weight excluding hydrogens is 374 g/mol. The van der Waals surface area contributed by atoms with E-state index in [0.29, 0.717) is 24.3 Å². The number of piperidine rings is 1. The van der Waals surface area contributed by atoms with Crippen molar-refractivity contribution >= 4 is 5.97 Å². The van der Waals surface area contributed by atoms with Crippen molar-refractivity contribution in [2.24, 2.45) is 0 Å². The van der Waals surface area contributed by atoms with Crippen molar-refractivity contribution in [1.29, 1.82) is 0 Å². The average Bonchev–Trinajstić information content (AvgIpc) is 3.27. The Morgan fingerprint density at radius 3 is 2.38 bits per heavy atom. The van der Waals surface area contributed by atoms with Crippen LogP contribution in [0, 0.1) is 0 Å². The highest BCUT2D eigenvalue weighted by molar-refractivity contribution is 5.78. The normalized spacial score (nSPS) is 36.2. The molecule has 0 spiro atoms. The fraction of sp³-hybridized carbons (Fsp3) is 0.611. The zero-order chi connectivity index (χ0) is 16.2. The maximum absolute atomic E-state index is 12.5. The zero-order valence-electron chi connectivity index (χ0n) is 14.0. The number of benzene rings is 1. The third kappa shape index (κ3) is 2.79. The van der Waals surface area contributed by atoms with Gasteiger partial charge in [0.1, 0.15) is 36.3 Å². The number of epoxide rings is 1. The Hall–Kier alpha value is -0.950. The molecule has 0 aliphatic carbocycles. The van der Waals surface area contributed by atoms with Crippen molar-refractivity contribution in [3.63, 3.8) is 0 Å². The van der Waals surface area contributed by atoms with Gasteiger partial charge in [0.25, 0.3) is 0 Å². The van der Waals surface area contributed by atoms with Gasteiger partial charge in [0, 0.05) is 12.8 Å². The van der Waals surface area contributed by atoms with Gasteiger partial charge in [0.15, 0.2) is 0 Å². The van der Waals surface area contributed by atoms with Crippen molar-refractivity contribution in [2.75, 3.05) is 20.7 Å². The van der Waals surface area contributed by atoms with E-state index in [4.69, 9.17) is 9.47 Å². The topological polar surface area (TPSA) is 59.1 Å². The zero-order valence-corrected chi connectivity index (χ0v) is 15.6. The Bertz CT molecular complexity index is 588. The fourth-order valence-corrected chi connectivity index (χ4v) is 4.55. The molecule has 5 nitrogen and oxygen atoms in total. The van der Waals surface area contributed by atoms with Crippen LogP contribution in [0.1, 0.15) is 24.3 Å². The number of hydrogen-bond acceptors (Lipinski definition) is 4. The molecule has 5 atom stereocenters. The van der Waals surface area contributed by atoms with Crippen LogP contribution in [0.2, 0.25) is 0 Å². The summed E-state index contributed by atoms with van der Waals surface area (Å²) in [7, 11) is 4.51. The van der Waals surface area contributed by atoms with Gasteiger partial charge >= 0.3 is 5.97 Å². The molecule has 6 heteroatoms. The number of rotatable bonds is 4. The lowest BCUT2D eigenvalue weighted by molar-refractivity contribution is -0.938. The number of aliphatic hydroxyl groups excluding tert-OH is 1. The van der Waals surface area contributed by atoms with E-state index < -0.39 is 5.92 Å². The van der Waals surface area contributed by atoms with E-state index in [0.717, 1.165) is 22.9 Å². The maximum atomic E-state index is 12.5. The Kier molecular flexibility index (Phi) is 4.77. The van der Waals surface area contributed by atoms with Gasteiger partial charge in [-0.3, -0.25) is 4.79 Å². The first kappa shape index (κ1) is 17.9. The van der Waals surface area contributed by atoms with Gasteiger partial charge in [-0.2, -0.15) is 0 Å². The number of ether oxygens (including phenoxy) is 2. The molecule has 0 amide bonds. The van der Waals surface area contributed by atoms with Crippen LogP contribution in [-0.4, -0.2) is 66.7 Å². The van der Waals surface area contributed by atoms with Gasteiger partial charge in [-0.25, -0.2) is 0 Å². The molecule has 3 fully saturated rings. The quantitative estimate of drug-likeness (QED) is 0.365. The second-order valence-electron chi connectivity index (χ2n) is 7.51. The largest absolute Gasteiger partial charge is 1.00 e. The van der Waals surface area contributed by atoms with Gasteiger partial charge in [0.2, 0.25) is 0 Å². The van der Waals surface area contributed by atoms with Crippen LogP contribution in [0.25, 0.3) is 0 Å². The monoisotopic (exact) mass is 397 g/mol. The minimum Gasteiger partial charge on any atom is -1.00 e. The van der Waals surface area contributed by atoms with Crippen LogP contribution in [0.4, 0.5) is 0 Å². The number of carbonyl (C=O) groups excluding carboxylic acids is 1. The molecule has 132 valence electrons. The average molecular weight is 398 g/mol. The minimum atomic E-state index is -0.593. The van der Waals surface area contributed by atoms with E-state index in [1.807, 2.05) is 30.3 Å². The number of hydrogen-bond donors (Lipinski definition) is 1. The van der Waals surface area contributed by atoms with Crippen molar-refractivity contribution in [1.82, 2.24) is 0 Å². The predicted molar refractivity (Wildman–Crippen MR) is 83.7 cm³/mol. The summed E-state index contributed by atoms with van der Waals surface area (Å²) in [6, 6.07) is 10.2. The van der Waals surface area contributed by atoms with Crippen LogP contribution in [-0.2, 0) is 14.3 Å². The summed E-state index contributed by atoms with van der Waals surface area (Å²) >= 11 is 0. The molecule has 1 aromatic rings. The molecule has 24 heavy (non-hydrogen) atoms. The number of carbonyl (C=O) groups is 1. The van der Waals surface area contributed by atoms with Crippen molar-refractivity contribution in [3.8, 4) is 0 Å². The number of halogens is 1. The fourth-order valence-electron chi connectivity index (χ4n) is 4.55. The van der Waals surface area contributed by atoms with E-state index in [1.165, 1.54) is 0 Å². The van der Waals surface area contributed by atoms with E-state index in [1.54, 1.807) is 0 Å². The summed E-state index contributed by atoms with van der Waals surface area (Å²) in [5.74, 6) is -0.908.